The van der Waals surface area contributed by atoms with Crippen LogP contribution in [-0.2, 0) is 0 Å². The van der Waals surface area contributed by atoms with E-state index < -0.39 is 0 Å². The summed E-state index contributed by atoms with van der Waals surface area (Å²) >= 11 is 0. The highest BCUT2D eigenvalue weighted by Gasteiger charge is 2.22. The van der Waals surface area contributed by atoms with Crippen molar-refractivity contribution in [3.8, 4) is 5.95 Å². The standard InChI is InChI=1S/C17H28N2O2/c1-5-7-11-20-17-15(13(3)6-2)18-16(21-17)14-9-8-10-19(4)12-14/h9,13H,5-8,10-12H2,1-4H3/t13-/m0/s1. The van der Waals surface area contributed by atoms with Gasteiger partial charge in [-0.2, -0.15) is 0 Å². The van der Waals surface area contributed by atoms with Gasteiger partial charge in [0.2, 0.25) is 5.89 Å². The Balaban J connectivity index is 2.20. The molecule has 1 aromatic rings. The van der Waals surface area contributed by atoms with Crippen molar-refractivity contribution in [2.24, 2.45) is 0 Å². The average Bonchev–Trinajstić information content (AvgIpc) is 2.91. The van der Waals surface area contributed by atoms with Crippen molar-refractivity contribution in [2.45, 2.75) is 52.4 Å². The zero-order valence-corrected chi connectivity index (χ0v) is 13.8. The largest absolute Gasteiger partial charge is 0.464 e. The number of rotatable bonds is 7. The SMILES string of the molecule is CCCCOc1oc(C2=CCCN(C)C2)nc1[C@@H](C)CC. The maximum atomic E-state index is 5.94. The number of unbranched alkanes of at least 4 members (excludes halogenated alkanes) is 1. The summed E-state index contributed by atoms with van der Waals surface area (Å²) in [4.78, 5) is 7.02. The molecule has 1 aromatic heterocycles. The minimum atomic E-state index is 0.362. The van der Waals surface area contributed by atoms with Crippen LogP contribution in [0.15, 0.2) is 10.5 Å². The van der Waals surface area contributed by atoms with Gasteiger partial charge in [-0.3, -0.25) is 0 Å². The molecule has 0 aliphatic carbocycles. The van der Waals surface area contributed by atoms with Gasteiger partial charge >= 0.3 is 5.95 Å². The van der Waals surface area contributed by atoms with Crippen LogP contribution in [0.4, 0.5) is 0 Å². The fourth-order valence-corrected chi connectivity index (χ4v) is 2.42. The lowest BCUT2D eigenvalue weighted by atomic mass is 10.1. The summed E-state index contributed by atoms with van der Waals surface area (Å²) in [5.41, 5.74) is 2.15. The van der Waals surface area contributed by atoms with Gasteiger partial charge in [0.25, 0.3) is 0 Å². The Hall–Kier alpha value is -1.29. The van der Waals surface area contributed by atoms with E-state index in [1.165, 1.54) is 5.57 Å². The van der Waals surface area contributed by atoms with Gasteiger partial charge in [0.15, 0.2) is 0 Å². The zero-order chi connectivity index (χ0) is 15.2. The van der Waals surface area contributed by atoms with Gasteiger partial charge in [0.05, 0.1) is 6.61 Å². The molecule has 2 rings (SSSR count). The Labute approximate surface area is 128 Å². The molecule has 4 heteroatoms. The van der Waals surface area contributed by atoms with Crippen LogP contribution in [0.25, 0.3) is 5.57 Å². The highest BCUT2D eigenvalue weighted by Crippen LogP contribution is 2.32. The van der Waals surface area contributed by atoms with Crippen LogP contribution in [0.1, 0.15) is 64.0 Å². The third kappa shape index (κ3) is 4.10. The lowest BCUT2D eigenvalue weighted by molar-refractivity contribution is 0.231. The molecule has 0 unspecified atom stereocenters. The van der Waals surface area contributed by atoms with E-state index >= 15 is 0 Å². The normalized spacial score (nSPS) is 17.6. The molecule has 118 valence electrons. The second kappa shape index (κ2) is 7.64. The summed E-state index contributed by atoms with van der Waals surface area (Å²) in [6, 6.07) is 0. The summed E-state index contributed by atoms with van der Waals surface area (Å²) in [5, 5.41) is 0. The highest BCUT2D eigenvalue weighted by molar-refractivity contribution is 5.61. The van der Waals surface area contributed by atoms with Crippen molar-refractivity contribution in [3.63, 3.8) is 0 Å². The second-order valence-corrected chi connectivity index (χ2v) is 5.96. The first kappa shape index (κ1) is 16.1. The Morgan fingerprint density at radius 2 is 2.24 bits per heavy atom. The third-order valence-electron chi connectivity index (χ3n) is 4.05. The third-order valence-corrected chi connectivity index (χ3v) is 4.05. The lowest BCUT2D eigenvalue weighted by Gasteiger charge is -2.20. The Bertz CT molecular complexity index is 479. The Morgan fingerprint density at radius 3 is 2.90 bits per heavy atom. The number of nitrogens with zero attached hydrogens (tertiary/aromatic N) is 2. The maximum Gasteiger partial charge on any atom is 0.309 e. The zero-order valence-electron chi connectivity index (χ0n) is 13.8. The van der Waals surface area contributed by atoms with Gasteiger partial charge in [0, 0.05) is 24.6 Å². The fourth-order valence-electron chi connectivity index (χ4n) is 2.42. The van der Waals surface area contributed by atoms with Crippen LogP contribution in [0.5, 0.6) is 5.95 Å². The van der Waals surface area contributed by atoms with E-state index in [1.54, 1.807) is 0 Å². The smallest absolute Gasteiger partial charge is 0.309 e. The van der Waals surface area contributed by atoms with Crippen molar-refractivity contribution in [1.82, 2.24) is 9.88 Å². The topological polar surface area (TPSA) is 38.5 Å². The lowest BCUT2D eigenvalue weighted by Crippen LogP contribution is -2.25. The average molecular weight is 292 g/mol. The number of hydrogen-bond donors (Lipinski definition) is 0. The maximum absolute atomic E-state index is 5.94. The molecule has 1 aliphatic heterocycles. The van der Waals surface area contributed by atoms with E-state index in [2.05, 4.69) is 38.8 Å². The van der Waals surface area contributed by atoms with Crippen molar-refractivity contribution < 1.29 is 9.15 Å². The van der Waals surface area contributed by atoms with Crippen molar-refractivity contribution in [1.29, 1.82) is 0 Å². The van der Waals surface area contributed by atoms with Crippen molar-refractivity contribution >= 4 is 5.57 Å². The molecule has 21 heavy (non-hydrogen) atoms. The minimum Gasteiger partial charge on any atom is -0.464 e. The first-order valence-electron chi connectivity index (χ1n) is 8.17. The first-order chi connectivity index (χ1) is 10.2. The molecule has 0 spiro atoms. The van der Waals surface area contributed by atoms with Gasteiger partial charge in [0.1, 0.15) is 5.69 Å². The molecule has 2 heterocycles. The second-order valence-electron chi connectivity index (χ2n) is 5.96. The molecule has 0 N–H and O–H groups in total. The Morgan fingerprint density at radius 1 is 1.43 bits per heavy atom. The molecule has 0 amide bonds. The Kier molecular flexibility index (Phi) is 5.85. The number of hydrogen-bond acceptors (Lipinski definition) is 4. The monoisotopic (exact) mass is 292 g/mol. The molecule has 0 saturated heterocycles. The fraction of sp³-hybridized carbons (Fsp3) is 0.706. The van der Waals surface area contributed by atoms with Gasteiger partial charge in [-0.25, -0.2) is 4.98 Å². The number of likely N-dealkylation sites (N-methyl/N-ethyl adjacent to an activating group) is 1. The van der Waals surface area contributed by atoms with Gasteiger partial charge in [-0.1, -0.05) is 33.3 Å². The van der Waals surface area contributed by atoms with Crippen molar-refractivity contribution in [3.05, 3.63) is 17.7 Å². The van der Waals surface area contributed by atoms with Gasteiger partial charge in [-0.15, -0.1) is 0 Å². The molecule has 1 atom stereocenters. The van der Waals surface area contributed by atoms with Gasteiger partial charge < -0.3 is 14.1 Å². The minimum absolute atomic E-state index is 0.362. The van der Waals surface area contributed by atoms with Crippen molar-refractivity contribution in [2.75, 3.05) is 26.7 Å². The van der Waals surface area contributed by atoms with E-state index in [4.69, 9.17) is 14.1 Å². The number of oxazole rings is 1. The number of aromatic nitrogens is 1. The molecular weight excluding hydrogens is 264 g/mol. The highest BCUT2D eigenvalue weighted by atomic mass is 16.6. The molecule has 0 bridgehead atoms. The van der Waals surface area contributed by atoms with E-state index in [9.17, 15) is 0 Å². The summed E-state index contributed by atoms with van der Waals surface area (Å²) in [5.74, 6) is 1.73. The molecule has 4 nitrogen and oxygen atoms in total. The number of ether oxygens (including phenoxy) is 1. The quantitative estimate of drug-likeness (QED) is 0.710. The van der Waals surface area contributed by atoms with Crippen LogP contribution < -0.4 is 4.74 Å². The summed E-state index contributed by atoms with van der Waals surface area (Å²) in [6.45, 7) is 9.20. The van der Waals surface area contributed by atoms with E-state index in [-0.39, 0.29) is 0 Å². The molecule has 0 aromatic carbocycles. The predicted octanol–water partition coefficient (Wildman–Crippen LogP) is 4.09. The predicted molar refractivity (Wildman–Crippen MR) is 85.7 cm³/mol. The van der Waals surface area contributed by atoms with Crippen LogP contribution in [-0.4, -0.2) is 36.6 Å². The van der Waals surface area contributed by atoms with E-state index in [0.717, 1.165) is 50.4 Å². The molecule has 0 saturated carbocycles. The van der Waals surface area contributed by atoms with E-state index in [1.807, 2.05) is 0 Å². The summed E-state index contributed by atoms with van der Waals surface area (Å²) in [7, 11) is 2.13. The molecule has 0 radical (unpaired) electrons. The summed E-state index contributed by atoms with van der Waals surface area (Å²) < 4.78 is 11.8. The van der Waals surface area contributed by atoms with E-state index in [0.29, 0.717) is 18.5 Å². The molecule has 1 aliphatic rings. The summed E-state index contributed by atoms with van der Waals surface area (Å²) in [6.07, 6.45) is 6.49. The van der Waals surface area contributed by atoms with Gasteiger partial charge in [-0.05, 0) is 26.3 Å². The van der Waals surface area contributed by atoms with Crippen LogP contribution in [0.3, 0.4) is 0 Å². The van der Waals surface area contributed by atoms with Crippen LogP contribution in [0.2, 0.25) is 0 Å². The first-order valence-corrected chi connectivity index (χ1v) is 8.17. The molecular formula is C17H28N2O2. The van der Waals surface area contributed by atoms with Crippen LogP contribution in [0, 0.1) is 0 Å². The molecule has 0 fully saturated rings. The van der Waals surface area contributed by atoms with Crippen LogP contribution >= 0.6 is 0 Å².